The minimum Gasteiger partial charge on any atom is -0.490 e. The van der Waals surface area contributed by atoms with Gasteiger partial charge in [0.05, 0.1) is 24.1 Å². The third-order valence-electron chi connectivity index (χ3n) is 7.44. The highest BCUT2D eigenvalue weighted by Crippen LogP contribution is 2.32. The molecule has 2 aromatic carbocycles. The number of ether oxygens (including phenoxy) is 2. The second-order valence-corrected chi connectivity index (χ2v) is 9.95. The summed E-state index contributed by atoms with van der Waals surface area (Å²) in [5.41, 5.74) is 1.47. The average Bonchev–Trinajstić information content (AvgIpc) is 3.40. The van der Waals surface area contributed by atoms with Gasteiger partial charge in [0.25, 0.3) is 11.8 Å². The molecule has 1 saturated carbocycles. The quantitative estimate of drug-likeness (QED) is 0.664. The van der Waals surface area contributed by atoms with Gasteiger partial charge in [-0.25, -0.2) is 0 Å². The van der Waals surface area contributed by atoms with E-state index >= 15 is 0 Å². The molecule has 190 valence electrons. The van der Waals surface area contributed by atoms with E-state index in [-0.39, 0.29) is 42.6 Å². The Morgan fingerprint density at radius 1 is 1.03 bits per heavy atom. The van der Waals surface area contributed by atoms with Crippen LogP contribution in [0.4, 0.5) is 5.69 Å². The largest absolute Gasteiger partial charge is 0.490 e. The Labute approximate surface area is 211 Å². The van der Waals surface area contributed by atoms with E-state index < -0.39 is 0 Å². The number of nitrogens with zero attached hydrogens (tertiary/aromatic N) is 1. The Hall–Kier alpha value is -3.39. The smallest absolute Gasteiger partial charge is 0.257 e. The summed E-state index contributed by atoms with van der Waals surface area (Å²) in [5, 5.41) is 5.99. The Balaban J connectivity index is 1.25. The summed E-state index contributed by atoms with van der Waals surface area (Å²) in [6.07, 6.45) is 5.73. The van der Waals surface area contributed by atoms with Crippen LogP contribution in [0.25, 0.3) is 0 Å². The molecule has 0 radical (unpaired) electrons. The molecule has 3 aliphatic rings. The number of rotatable bonds is 5. The molecule has 36 heavy (non-hydrogen) atoms. The van der Waals surface area contributed by atoms with Gasteiger partial charge in [-0.1, -0.05) is 31.0 Å². The summed E-state index contributed by atoms with van der Waals surface area (Å²) < 4.78 is 12.3. The standard InChI is InChI=1S/C28H33N3O5/c1-31-23-13-12-21(16-26(32)29-19-9-5-6-10-19)36-25(23)17-35-24-14-11-20(15-22(24)28(31)34)30-27(33)18-7-3-2-4-8-18/h2-4,7-8,11,14-15,19,21,23,25H,5-6,9-10,12-13,16-17H2,1H3,(H,29,32)(H,30,33)/t21-,23-,25-/m1/s1. The minimum absolute atomic E-state index is 0.0389. The van der Waals surface area contributed by atoms with Crippen molar-refractivity contribution >= 4 is 23.4 Å². The van der Waals surface area contributed by atoms with Crippen LogP contribution in [0.1, 0.15) is 65.7 Å². The van der Waals surface area contributed by atoms with Crippen molar-refractivity contribution in [2.75, 3.05) is 19.0 Å². The average molecular weight is 492 g/mol. The highest BCUT2D eigenvalue weighted by Gasteiger charge is 2.39. The maximum absolute atomic E-state index is 13.4. The topological polar surface area (TPSA) is 97.0 Å². The molecule has 3 amide bonds. The lowest BCUT2D eigenvalue weighted by Crippen LogP contribution is -2.54. The van der Waals surface area contributed by atoms with E-state index in [9.17, 15) is 14.4 Å². The summed E-state index contributed by atoms with van der Waals surface area (Å²) in [4.78, 5) is 40.2. The number of amides is 3. The molecule has 2 aromatic rings. The summed E-state index contributed by atoms with van der Waals surface area (Å²) in [7, 11) is 1.78. The lowest BCUT2D eigenvalue weighted by atomic mass is 9.94. The van der Waals surface area contributed by atoms with Crippen LogP contribution in [-0.4, -0.2) is 60.6 Å². The third-order valence-corrected chi connectivity index (χ3v) is 7.44. The minimum atomic E-state index is -0.317. The van der Waals surface area contributed by atoms with Crippen molar-refractivity contribution in [3.63, 3.8) is 0 Å². The number of hydrogen-bond donors (Lipinski definition) is 2. The molecule has 1 saturated heterocycles. The molecule has 0 unspecified atom stereocenters. The Morgan fingerprint density at radius 2 is 1.81 bits per heavy atom. The van der Waals surface area contributed by atoms with Gasteiger partial charge in [-0.05, 0) is 56.0 Å². The maximum atomic E-state index is 13.4. The van der Waals surface area contributed by atoms with E-state index in [4.69, 9.17) is 9.47 Å². The lowest BCUT2D eigenvalue weighted by molar-refractivity contribution is -0.134. The normalized spacial score (nSPS) is 24.1. The number of fused-ring (bicyclic) bond motifs is 2. The van der Waals surface area contributed by atoms with Gasteiger partial charge in [-0.2, -0.15) is 0 Å². The highest BCUT2D eigenvalue weighted by molar-refractivity contribution is 6.05. The molecule has 0 bridgehead atoms. The number of carbonyl (C=O) groups is 3. The first-order valence-electron chi connectivity index (χ1n) is 12.8. The Kier molecular flexibility index (Phi) is 7.23. The van der Waals surface area contributed by atoms with Gasteiger partial charge in [-0.15, -0.1) is 0 Å². The monoisotopic (exact) mass is 491 g/mol. The fraction of sp³-hybridized carbons (Fsp3) is 0.464. The molecule has 3 atom stereocenters. The zero-order valence-electron chi connectivity index (χ0n) is 20.6. The van der Waals surface area contributed by atoms with Crippen LogP contribution in [-0.2, 0) is 9.53 Å². The van der Waals surface area contributed by atoms with Crippen LogP contribution >= 0.6 is 0 Å². The number of benzene rings is 2. The Morgan fingerprint density at radius 3 is 2.58 bits per heavy atom. The van der Waals surface area contributed by atoms with Crippen LogP contribution in [0.2, 0.25) is 0 Å². The Bertz CT molecular complexity index is 1120. The van der Waals surface area contributed by atoms with Gasteiger partial charge in [0.15, 0.2) is 0 Å². The summed E-state index contributed by atoms with van der Waals surface area (Å²) in [5.74, 6) is 0.0630. The zero-order valence-corrected chi connectivity index (χ0v) is 20.6. The van der Waals surface area contributed by atoms with Gasteiger partial charge in [-0.3, -0.25) is 14.4 Å². The van der Waals surface area contributed by atoms with Gasteiger partial charge >= 0.3 is 0 Å². The second-order valence-electron chi connectivity index (χ2n) is 9.95. The van der Waals surface area contributed by atoms with Crippen LogP contribution in [0, 0.1) is 0 Å². The van der Waals surface area contributed by atoms with Crippen molar-refractivity contribution < 1.29 is 23.9 Å². The maximum Gasteiger partial charge on any atom is 0.257 e. The van der Waals surface area contributed by atoms with Crippen LogP contribution in [0.15, 0.2) is 48.5 Å². The van der Waals surface area contributed by atoms with E-state index in [1.165, 1.54) is 12.8 Å². The molecular formula is C28H33N3O5. The predicted molar refractivity (Wildman–Crippen MR) is 135 cm³/mol. The van der Waals surface area contributed by atoms with E-state index in [0.717, 1.165) is 19.3 Å². The zero-order chi connectivity index (χ0) is 25.1. The second kappa shape index (κ2) is 10.7. The predicted octanol–water partition coefficient (Wildman–Crippen LogP) is 3.77. The van der Waals surface area contributed by atoms with Gasteiger partial charge < -0.3 is 25.0 Å². The van der Waals surface area contributed by atoms with Crippen molar-refractivity contribution in [2.45, 2.75) is 69.2 Å². The highest BCUT2D eigenvalue weighted by atomic mass is 16.5. The SMILES string of the molecule is CN1C(=O)c2cc(NC(=O)c3ccccc3)ccc2OC[C@H]2O[C@@H](CC(=O)NC3CCCC3)CC[C@H]21. The molecule has 2 N–H and O–H groups in total. The van der Waals surface area contributed by atoms with Crippen molar-refractivity contribution in [1.82, 2.24) is 10.2 Å². The van der Waals surface area contributed by atoms with Gasteiger partial charge in [0, 0.05) is 24.3 Å². The first kappa shape index (κ1) is 24.3. The first-order valence-corrected chi connectivity index (χ1v) is 12.8. The third kappa shape index (κ3) is 5.38. The summed E-state index contributed by atoms with van der Waals surface area (Å²) in [6.45, 7) is 0.283. The van der Waals surface area contributed by atoms with Crippen LogP contribution < -0.4 is 15.4 Å². The fourth-order valence-corrected chi connectivity index (χ4v) is 5.46. The van der Waals surface area contributed by atoms with Crippen LogP contribution in [0.3, 0.4) is 0 Å². The summed E-state index contributed by atoms with van der Waals surface area (Å²) >= 11 is 0. The number of likely N-dealkylation sites (N-methyl/N-ethyl adjacent to an activating group) is 1. The number of carbonyl (C=O) groups excluding carboxylic acids is 3. The summed E-state index contributed by atoms with van der Waals surface area (Å²) in [6, 6.07) is 14.2. The fourth-order valence-electron chi connectivity index (χ4n) is 5.46. The molecule has 1 aliphatic carbocycles. The first-order chi connectivity index (χ1) is 17.5. The van der Waals surface area contributed by atoms with Gasteiger partial charge in [0.1, 0.15) is 18.5 Å². The molecule has 2 fully saturated rings. The van der Waals surface area contributed by atoms with Crippen molar-refractivity contribution in [2.24, 2.45) is 0 Å². The van der Waals surface area contributed by atoms with Crippen molar-refractivity contribution in [3.05, 3.63) is 59.7 Å². The molecule has 5 rings (SSSR count). The van der Waals surface area contributed by atoms with E-state index in [1.807, 2.05) is 6.07 Å². The van der Waals surface area contributed by atoms with Gasteiger partial charge in [0.2, 0.25) is 5.91 Å². The molecule has 2 aliphatic heterocycles. The molecule has 8 heteroatoms. The number of hydrogen-bond acceptors (Lipinski definition) is 5. The molecular weight excluding hydrogens is 458 g/mol. The lowest BCUT2D eigenvalue weighted by Gasteiger charge is -2.42. The number of nitrogens with one attached hydrogen (secondary N) is 2. The molecule has 0 aromatic heterocycles. The number of anilines is 1. The van der Waals surface area contributed by atoms with E-state index in [0.29, 0.717) is 41.4 Å². The molecule has 0 spiro atoms. The van der Waals surface area contributed by atoms with E-state index in [2.05, 4.69) is 10.6 Å². The van der Waals surface area contributed by atoms with E-state index in [1.54, 1.807) is 54.4 Å². The van der Waals surface area contributed by atoms with Crippen molar-refractivity contribution in [3.8, 4) is 5.75 Å². The van der Waals surface area contributed by atoms with Crippen molar-refractivity contribution in [1.29, 1.82) is 0 Å². The molecule has 8 nitrogen and oxygen atoms in total. The molecule has 2 heterocycles. The van der Waals surface area contributed by atoms with Crippen LogP contribution in [0.5, 0.6) is 5.75 Å².